The number of aryl methyl sites for hydroxylation is 1. The number of nitrogens with zero attached hydrogens (tertiary/aromatic N) is 2. The van der Waals surface area contributed by atoms with E-state index in [4.69, 9.17) is 11.6 Å². The van der Waals surface area contributed by atoms with E-state index in [0.717, 1.165) is 28.1 Å². The Morgan fingerprint density at radius 3 is 2.29 bits per heavy atom. The Bertz CT molecular complexity index is 1110. The lowest BCUT2D eigenvalue weighted by Crippen LogP contribution is -2.53. The quantitative estimate of drug-likeness (QED) is 0.495. The van der Waals surface area contributed by atoms with Crippen molar-refractivity contribution in [2.24, 2.45) is 0 Å². The monoisotopic (exact) mass is 507 g/mol. The Balaban J connectivity index is 2.45. The number of carbonyl (C=O) groups excluding carboxylic acids is 2. The molecule has 2 atom stereocenters. The number of hydrogen-bond donors (Lipinski definition) is 1. The van der Waals surface area contributed by atoms with E-state index in [1.54, 1.807) is 24.3 Å². The molecule has 0 heterocycles. The Labute approximate surface area is 208 Å². The molecule has 2 amide bonds. The molecule has 2 unspecified atom stereocenters. The average Bonchev–Trinajstić information content (AvgIpc) is 2.77. The van der Waals surface area contributed by atoms with Crippen molar-refractivity contribution in [2.75, 3.05) is 17.1 Å². The molecule has 34 heavy (non-hydrogen) atoms. The zero-order valence-electron chi connectivity index (χ0n) is 20.4. The van der Waals surface area contributed by atoms with Gasteiger partial charge in [0.15, 0.2) is 0 Å². The first kappa shape index (κ1) is 27.7. The summed E-state index contributed by atoms with van der Waals surface area (Å²) in [5.41, 5.74) is 2.09. The number of anilines is 1. The lowest BCUT2D eigenvalue weighted by atomic mass is 10.1. The number of halogens is 1. The van der Waals surface area contributed by atoms with Gasteiger partial charge in [-0.15, -0.1) is 0 Å². The van der Waals surface area contributed by atoms with Crippen LogP contribution in [0.5, 0.6) is 0 Å². The summed E-state index contributed by atoms with van der Waals surface area (Å²) >= 11 is 6.25. The Kier molecular flexibility index (Phi) is 9.94. The maximum absolute atomic E-state index is 13.6. The van der Waals surface area contributed by atoms with Crippen molar-refractivity contribution in [2.45, 2.75) is 59.2 Å². The van der Waals surface area contributed by atoms with Gasteiger partial charge in [-0.1, -0.05) is 67.4 Å². The van der Waals surface area contributed by atoms with E-state index < -0.39 is 28.5 Å². The maximum Gasteiger partial charge on any atom is 0.244 e. The van der Waals surface area contributed by atoms with Crippen LogP contribution in [0.3, 0.4) is 0 Å². The molecule has 1 N–H and O–H groups in total. The number of benzene rings is 2. The fraction of sp³-hybridized carbons (Fsp3) is 0.440. The summed E-state index contributed by atoms with van der Waals surface area (Å²) in [5.74, 6) is -0.750. The van der Waals surface area contributed by atoms with Crippen LogP contribution in [0.25, 0.3) is 0 Å². The highest BCUT2D eigenvalue weighted by Gasteiger charge is 2.32. The van der Waals surface area contributed by atoms with Crippen molar-refractivity contribution >= 4 is 39.1 Å². The molecule has 0 spiro atoms. The zero-order chi connectivity index (χ0) is 25.5. The van der Waals surface area contributed by atoms with Crippen molar-refractivity contribution in [3.63, 3.8) is 0 Å². The van der Waals surface area contributed by atoms with Gasteiger partial charge < -0.3 is 10.2 Å². The van der Waals surface area contributed by atoms with E-state index in [0.29, 0.717) is 6.42 Å². The molecule has 0 aliphatic rings. The van der Waals surface area contributed by atoms with Gasteiger partial charge in [0.25, 0.3) is 0 Å². The van der Waals surface area contributed by atoms with Gasteiger partial charge in [-0.25, -0.2) is 8.42 Å². The van der Waals surface area contributed by atoms with Crippen LogP contribution < -0.4 is 9.62 Å². The molecule has 2 rings (SSSR count). The van der Waals surface area contributed by atoms with Crippen molar-refractivity contribution in [3.05, 3.63) is 64.7 Å². The van der Waals surface area contributed by atoms with Crippen LogP contribution in [0.15, 0.2) is 48.5 Å². The number of amides is 2. The number of nitrogens with one attached hydrogen (secondary N) is 1. The van der Waals surface area contributed by atoms with Gasteiger partial charge in [0.2, 0.25) is 21.8 Å². The molecule has 0 aromatic heterocycles. The van der Waals surface area contributed by atoms with Crippen molar-refractivity contribution in [1.29, 1.82) is 0 Å². The molecule has 0 saturated heterocycles. The number of sulfonamides is 1. The molecule has 2 aromatic carbocycles. The van der Waals surface area contributed by atoms with E-state index in [2.05, 4.69) is 5.32 Å². The molecule has 2 aromatic rings. The molecule has 7 nitrogen and oxygen atoms in total. The van der Waals surface area contributed by atoms with Crippen molar-refractivity contribution < 1.29 is 18.0 Å². The molecule has 0 bridgehead atoms. The van der Waals surface area contributed by atoms with Gasteiger partial charge in [0.05, 0.1) is 17.0 Å². The third-order valence-corrected chi connectivity index (χ3v) is 7.07. The predicted molar refractivity (Wildman–Crippen MR) is 137 cm³/mol. The third-order valence-electron chi connectivity index (χ3n) is 5.62. The van der Waals surface area contributed by atoms with Crippen LogP contribution in [-0.2, 0) is 26.2 Å². The fourth-order valence-corrected chi connectivity index (χ4v) is 4.77. The molecule has 0 aliphatic carbocycles. The normalized spacial score (nSPS) is 13.1. The summed E-state index contributed by atoms with van der Waals surface area (Å²) in [4.78, 5) is 28.2. The molecular formula is C25H34ClN3O4S. The predicted octanol–water partition coefficient (Wildman–Crippen LogP) is 4.14. The van der Waals surface area contributed by atoms with Gasteiger partial charge in [0.1, 0.15) is 12.6 Å². The summed E-state index contributed by atoms with van der Waals surface area (Å²) in [6.07, 6.45) is 2.16. The molecule has 0 aliphatic heterocycles. The highest BCUT2D eigenvalue weighted by molar-refractivity contribution is 7.92. The van der Waals surface area contributed by atoms with Gasteiger partial charge in [0, 0.05) is 12.6 Å². The Hall–Kier alpha value is -2.58. The maximum atomic E-state index is 13.6. The molecule has 9 heteroatoms. The highest BCUT2D eigenvalue weighted by atomic mass is 35.5. The Morgan fingerprint density at radius 2 is 1.74 bits per heavy atom. The van der Waals surface area contributed by atoms with E-state index >= 15 is 0 Å². The summed E-state index contributed by atoms with van der Waals surface area (Å²) in [7, 11) is -3.82. The average molecular weight is 508 g/mol. The molecule has 0 radical (unpaired) electrons. The number of rotatable bonds is 11. The second-order valence-corrected chi connectivity index (χ2v) is 10.8. The standard InChI is InChI=1S/C25H34ClN3O4S/c1-6-19(4)27-25(31)22(7-2)28(16-20-12-10-11-18(3)15-20)24(30)17-29(34(5,32)33)23-14-9-8-13-21(23)26/h8-15,19,22H,6-7,16-17H2,1-5H3,(H,27,31). The van der Waals surface area contributed by atoms with E-state index in [1.807, 2.05) is 52.0 Å². The summed E-state index contributed by atoms with van der Waals surface area (Å²) in [6.45, 7) is 7.36. The van der Waals surface area contributed by atoms with Gasteiger partial charge >= 0.3 is 0 Å². The van der Waals surface area contributed by atoms with E-state index in [-0.39, 0.29) is 29.2 Å². The smallest absolute Gasteiger partial charge is 0.244 e. The van der Waals surface area contributed by atoms with E-state index in [1.165, 1.54) is 4.90 Å². The van der Waals surface area contributed by atoms with Crippen LogP contribution in [-0.4, -0.2) is 50.0 Å². The molecule has 0 saturated carbocycles. The van der Waals surface area contributed by atoms with Gasteiger partial charge in [-0.05, 0) is 44.4 Å². The first-order valence-corrected chi connectivity index (χ1v) is 13.6. The first-order chi connectivity index (χ1) is 16.0. The van der Waals surface area contributed by atoms with Gasteiger partial charge in [-0.3, -0.25) is 13.9 Å². The topological polar surface area (TPSA) is 86.8 Å². The number of carbonyl (C=O) groups is 2. The second-order valence-electron chi connectivity index (χ2n) is 8.47. The van der Waals surface area contributed by atoms with Crippen LogP contribution in [0.1, 0.15) is 44.7 Å². The largest absolute Gasteiger partial charge is 0.352 e. The van der Waals surface area contributed by atoms with Gasteiger partial charge in [-0.2, -0.15) is 0 Å². The molecular weight excluding hydrogens is 474 g/mol. The molecule has 0 fully saturated rings. The van der Waals surface area contributed by atoms with Crippen LogP contribution in [0.4, 0.5) is 5.69 Å². The minimum absolute atomic E-state index is 0.0480. The lowest BCUT2D eigenvalue weighted by Gasteiger charge is -2.33. The molecule has 186 valence electrons. The summed E-state index contributed by atoms with van der Waals surface area (Å²) in [5, 5.41) is 3.17. The lowest BCUT2D eigenvalue weighted by molar-refractivity contribution is -0.140. The fourth-order valence-electron chi connectivity index (χ4n) is 3.62. The SMILES string of the molecule is CCC(C)NC(=O)C(CC)N(Cc1cccc(C)c1)C(=O)CN(c1ccccc1Cl)S(C)(=O)=O. The summed E-state index contributed by atoms with van der Waals surface area (Å²) in [6, 6.07) is 13.3. The second kappa shape index (κ2) is 12.2. The third kappa shape index (κ3) is 7.46. The minimum atomic E-state index is -3.82. The minimum Gasteiger partial charge on any atom is -0.352 e. The van der Waals surface area contributed by atoms with E-state index in [9.17, 15) is 18.0 Å². The highest BCUT2D eigenvalue weighted by Crippen LogP contribution is 2.27. The van der Waals surface area contributed by atoms with Crippen molar-refractivity contribution in [3.8, 4) is 0 Å². The van der Waals surface area contributed by atoms with Crippen LogP contribution in [0, 0.1) is 6.92 Å². The zero-order valence-corrected chi connectivity index (χ0v) is 22.0. The Morgan fingerprint density at radius 1 is 1.06 bits per heavy atom. The first-order valence-electron chi connectivity index (χ1n) is 11.4. The van der Waals surface area contributed by atoms with Crippen LogP contribution >= 0.6 is 11.6 Å². The van der Waals surface area contributed by atoms with Crippen LogP contribution in [0.2, 0.25) is 5.02 Å². The number of para-hydroxylation sites is 1. The summed E-state index contributed by atoms with van der Waals surface area (Å²) < 4.78 is 26.2. The van der Waals surface area contributed by atoms with Crippen molar-refractivity contribution in [1.82, 2.24) is 10.2 Å². The number of hydrogen-bond acceptors (Lipinski definition) is 4.